The van der Waals surface area contributed by atoms with Crippen molar-refractivity contribution in [3.8, 4) is 5.75 Å². The Bertz CT molecular complexity index is 1240. The number of benzene rings is 3. The molecule has 0 radical (unpaired) electrons. The molecular weight excluding hydrogens is 474 g/mol. The topological polar surface area (TPSA) is 87.7 Å². The molecule has 2 N–H and O–H groups in total. The molecule has 0 aliphatic rings. The molecule has 0 unspecified atom stereocenters. The molecule has 0 aromatic heterocycles. The van der Waals surface area contributed by atoms with Gasteiger partial charge in [-0.25, -0.2) is 8.42 Å². The monoisotopic (exact) mass is 499 g/mol. The minimum absolute atomic E-state index is 0.0443. The van der Waals surface area contributed by atoms with Crippen molar-refractivity contribution in [1.82, 2.24) is 10.9 Å². The Hall–Kier alpha value is -3.49. The Balaban J connectivity index is 1.80. The summed E-state index contributed by atoms with van der Waals surface area (Å²) >= 11 is 5.90. The first-order valence-corrected chi connectivity index (χ1v) is 12.3. The summed E-state index contributed by atoms with van der Waals surface area (Å²) in [5.74, 6) is -0.00353. The number of aryl methyl sites for hydroxylation is 1. The number of hydrogen-bond acceptors (Lipinski definition) is 5. The van der Waals surface area contributed by atoms with Gasteiger partial charge in [0, 0.05) is 5.02 Å². The van der Waals surface area contributed by atoms with Gasteiger partial charge in [-0.05, 0) is 67.9 Å². The second-order valence-corrected chi connectivity index (χ2v) is 9.71. The van der Waals surface area contributed by atoms with Crippen molar-refractivity contribution in [2.24, 2.45) is 0 Å². The van der Waals surface area contributed by atoms with Crippen LogP contribution in [0, 0.1) is 6.92 Å². The summed E-state index contributed by atoms with van der Waals surface area (Å²) in [6, 6.07) is 19.9. The Morgan fingerprint density at radius 2 is 1.59 bits per heavy atom. The second kappa shape index (κ2) is 11.1. The summed E-state index contributed by atoms with van der Waals surface area (Å²) in [7, 11) is -4.04. The lowest BCUT2D eigenvalue weighted by Gasteiger charge is -2.24. The minimum Gasteiger partial charge on any atom is -0.494 e. The van der Waals surface area contributed by atoms with Gasteiger partial charge in [0.15, 0.2) is 0 Å². The van der Waals surface area contributed by atoms with Crippen LogP contribution in [0.25, 0.3) is 5.70 Å². The fraction of sp³-hybridized carbons (Fsp3) is 0.160. The van der Waals surface area contributed by atoms with Crippen LogP contribution in [0.3, 0.4) is 0 Å². The van der Waals surface area contributed by atoms with E-state index < -0.39 is 22.5 Å². The third-order valence-electron chi connectivity index (χ3n) is 4.88. The molecular formula is C25H26ClN3O4S. The van der Waals surface area contributed by atoms with Crippen molar-refractivity contribution < 1.29 is 17.9 Å². The van der Waals surface area contributed by atoms with E-state index in [1.165, 1.54) is 12.1 Å². The van der Waals surface area contributed by atoms with Crippen molar-refractivity contribution in [3.05, 3.63) is 95.5 Å². The first kappa shape index (κ1) is 25.1. The van der Waals surface area contributed by atoms with Crippen LogP contribution in [-0.4, -0.2) is 27.5 Å². The van der Waals surface area contributed by atoms with Gasteiger partial charge in [-0.2, -0.15) is 0 Å². The Kier molecular flexibility index (Phi) is 8.20. The smallest absolute Gasteiger partial charge is 0.264 e. The molecule has 0 heterocycles. The zero-order chi connectivity index (χ0) is 24.7. The van der Waals surface area contributed by atoms with Gasteiger partial charge in [0.05, 0.1) is 22.9 Å². The van der Waals surface area contributed by atoms with Crippen LogP contribution >= 0.6 is 11.6 Å². The lowest BCUT2D eigenvalue weighted by atomic mass is 10.2. The molecule has 0 saturated heterocycles. The first-order valence-electron chi connectivity index (χ1n) is 10.5. The van der Waals surface area contributed by atoms with Gasteiger partial charge in [-0.1, -0.05) is 48.0 Å². The number of anilines is 1. The van der Waals surface area contributed by atoms with Crippen LogP contribution in [0.15, 0.2) is 84.3 Å². The third-order valence-corrected chi connectivity index (χ3v) is 6.92. The molecule has 0 fully saturated rings. The average molecular weight is 500 g/mol. The zero-order valence-electron chi connectivity index (χ0n) is 18.9. The maximum Gasteiger partial charge on any atom is 0.264 e. The summed E-state index contributed by atoms with van der Waals surface area (Å²) in [5, 5.41) is 0.578. The number of nitrogens with one attached hydrogen (secondary N) is 2. The quantitative estimate of drug-likeness (QED) is 0.400. The van der Waals surface area contributed by atoms with Crippen molar-refractivity contribution in [2.45, 2.75) is 18.7 Å². The third kappa shape index (κ3) is 6.30. The molecule has 3 aromatic rings. The zero-order valence-corrected chi connectivity index (χ0v) is 20.5. The van der Waals surface area contributed by atoms with Crippen molar-refractivity contribution in [3.63, 3.8) is 0 Å². The molecule has 0 aliphatic carbocycles. The van der Waals surface area contributed by atoms with Crippen LogP contribution in [0.2, 0.25) is 5.02 Å². The molecule has 0 aliphatic heterocycles. The lowest BCUT2D eigenvalue weighted by Crippen LogP contribution is -2.45. The molecule has 3 rings (SSSR count). The summed E-state index contributed by atoms with van der Waals surface area (Å²) in [6.45, 7) is 7.65. The van der Waals surface area contributed by atoms with E-state index in [0.717, 1.165) is 15.4 Å². The molecule has 0 spiro atoms. The van der Waals surface area contributed by atoms with Crippen molar-refractivity contribution >= 4 is 38.9 Å². The summed E-state index contributed by atoms with van der Waals surface area (Å²) in [6.07, 6.45) is 0. The van der Waals surface area contributed by atoms with Crippen LogP contribution < -0.4 is 19.9 Å². The summed E-state index contributed by atoms with van der Waals surface area (Å²) < 4.78 is 33.4. The maximum atomic E-state index is 13.5. The molecule has 34 heavy (non-hydrogen) atoms. The van der Waals surface area contributed by atoms with Crippen LogP contribution in [0.4, 0.5) is 5.69 Å². The van der Waals surface area contributed by atoms with E-state index in [-0.39, 0.29) is 4.90 Å². The van der Waals surface area contributed by atoms with Gasteiger partial charge >= 0.3 is 0 Å². The molecule has 0 saturated carbocycles. The first-order chi connectivity index (χ1) is 16.2. The number of ether oxygens (including phenoxy) is 1. The summed E-state index contributed by atoms with van der Waals surface area (Å²) in [5.41, 5.74) is 7.72. The van der Waals surface area contributed by atoms with E-state index in [1.54, 1.807) is 60.7 Å². The summed E-state index contributed by atoms with van der Waals surface area (Å²) in [4.78, 5) is 12.8. The molecule has 9 heteroatoms. The number of rotatable bonds is 10. The maximum absolute atomic E-state index is 13.5. The van der Waals surface area contributed by atoms with Crippen LogP contribution in [0.1, 0.15) is 18.1 Å². The fourth-order valence-electron chi connectivity index (χ4n) is 3.07. The molecule has 0 bridgehead atoms. The SMILES string of the molecule is C=C(NNC(=O)CN(c1ccc(C)cc1)S(=O)(=O)c1ccc(OCC)cc1)c1ccc(Cl)cc1. The Morgan fingerprint density at radius 3 is 2.18 bits per heavy atom. The number of carbonyl (C=O) groups is 1. The van der Waals surface area contributed by atoms with Crippen LogP contribution in [-0.2, 0) is 14.8 Å². The van der Waals surface area contributed by atoms with E-state index >= 15 is 0 Å². The molecule has 178 valence electrons. The number of carbonyl (C=O) groups excluding carboxylic acids is 1. The second-order valence-electron chi connectivity index (χ2n) is 7.41. The van der Waals surface area contributed by atoms with Gasteiger partial charge in [-0.3, -0.25) is 20.0 Å². The minimum atomic E-state index is -4.04. The predicted molar refractivity (Wildman–Crippen MR) is 135 cm³/mol. The Morgan fingerprint density at radius 1 is 0.971 bits per heavy atom. The fourth-order valence-corrected chi connectivity index (χ4v) is 4.61. The molecule has 3 aromatic carbocycles. The number of nitrogens with zero attached hydrogens (tertiary/aromatic N) is 1. The van der Waals surface area contributed by atoms with E-state index in [9.17, 15) is 13.2 Å². The standard InChI is InChI=1S/C25H26ClN3O4S/c1-4-33-23-13-15-24(16-14-23)34(31,32)29(22-11-5-18(2)6-12-22)17-25(30)28-27-19(3)20-7-9-21(26)10-8-20/h5-16,27H,3-4,17H2,1-2H3,(H,28,30). The lowest BCUT2D eigenvalue weighted by molar-refractivity contribution is -0.120. The van der Waals surface area contributed by atoms with Gasteiger partial charge in [0.1, 0.15) is 12.3 Å². The number of hydrogen-bond donors (Lipinski definition) is 2. The van der Waals surface area contributed by atoms with Crippen LogP contribution in [0.5, 0.6) is 5.75 Å². The highest BCUT2D eigenvalue weighted by Gasteiger charge is 2.27. The highest BCUT2D eigenvalue weighted by atomic mass is 35.5. The van der Waals surface area contributed by atoms with Crippen molar-refractivity contribution in [2.75, 3.05) is 17.5 Å². The van der Waals surface area contributed by atoms with Crippen molar-refractivity contribution in [1.29, 1.82) is 0 Å². The molecule has 0 atom stereocenters. The molecule has 7 nitrogen and oxygen atoms in total. The number of sulfonamides is 1. The van der Waals surface area contributed by atoms with Gasteiger partial charge < -0.3 is 4.74 Å². The largest absolute Gasteiger partial charge is 0.494 e. The Labute approximate surface area is 205 Å². The van der Waals surface area contributed by atoms with Gasteiger partial charge in [0.2, 0.25) is 0 Å². The number of hydrazine groups is 1. The highest BCUT2D eigenvalue weighted by Crippen LogP contribution is 2.25. The number of amides is 1. The normalized spacial score (nSPS) is 10.9. The van der Waals surface area contributed by atoms with Gasteiger partial charge in [0.25, 0.3) is 15.9 Å². The highest BCUT2D eigenvalue weighted by molar-refractivity contribution is 7.92. The van der Waals surface area contributed by atoms with E-state index in [1.807, 2.05) is 13.8 Å². The molecule has 1 amide bonds. The van der Waals surface area contributed by atoms with E-state index in [0.29, 0.717) is 28.8 Å². The average Bonchev–Trinajstić information content (AvgIpc) is 2.82. The predicted octanol–water partition coefficient (Wildman–Crippen LogP) is 4.53. The van der Waals surface area contributed by atoms with E-state index in [2.05, 4.69) is 17.4 Å². The van der Waals surface area contributed by atoms with Gasteiger partial charge in [-0.15, -0.1) is 0 Å². The number of halogens is 1. The van der Waals surface area contributed by atoms with E-state index in [4.69, 9.17) is 16.3 Å².